The zero-order valence-electron chi connectivity index (χ0n) is 14.1. The third-order valence-electron chi connectivity index (χ3n) is 5.13. The van der Waals surface area contributed by atoms with Crippen LogP contribution in [0, 0.1) is 23.5 Å². The highest BCUT2D eigenvalue weighted by molar-refractivity contribution is 5.32. The van der Waals surface area contributed by atoms with Gasteiger partial charge in [0, 0.05) is 12.2 Å². The minimum absolute atomic E-state index is 0.0262. The Kier molecular flexibility index (Phi) is 5.72. The molecule has 1 N–H and O–H groups in total. The molecule has 0 heterocycles. The maximum Gasteiger partial charge on any atom is 0.200 e. The van der Waals surface area contributed by atoms with Crippen molar-refractivity contribution in [1.82, 2.24) is 0 Å². The van der Waals surface area contributed by atoms with Crippen molar-refractivity contribution in [3.8, 4) is 5.75 Å². The number of aliphatic hydroxyl groups excluding tert-OH is 1. The Hall–Kier alpha value is -1.20. The second-order valence-corrected chi connectivity index (χ2v) is 6.97. The van der Waals surface area contributed by atoms with Crippen LogP contribution in [0.4, 0.5) is 8.78 Å². The Morgan fingerprint density at radius 3 is 2.42 bits per heavy atom. The molecule has 0 bridgehead atoms. The molecule has 0 aliphatic heterocycles. The van der Waals surface area contributed by atoms with Crippen LogP contribution in [0.25, 0.3) is 0 Å². The van der Waals surface area contributed by atoms with Gasteiger partial charge in [-0.15, -0.1) is 0 Å². The summed E-state index contributed by atoms with van der Waals surface area (Å²) in [7, 11) is 0. The van der Waals surface area contributed by atoms with Gasteiger partial charge in [0.05, 0.1) is 18.8 Å². The van der Waals surface area contributed by atoms with Crippen molar-refractivity contribution in [1.29, 1.82) is 0 Å². The van der Waals surface area contributed by atoms with Crippen LogP contribution in [-0.4, -0.2) is 24.4 Å². The van der Waals surface area contributed by atoms with Gasteiger partial charge in [-0.1, -0.05) is 0 Å². The first kappa shape index (κ1) is 17.6. The second kappa shape index (κ2) is 7.79. The fraction of sp³-hybridized carbons (Fsp3) is 0.684. The van der Waals surface area contributed by atoms with Gasteiger partial charge in [-0.3, -0.25) is 0 Å². The first-order valence-electron chi connectivity index (χ1n) is 9.00. The molecule has 24 heavy (non-hydrogen) atoms. The van der Waals surface area contributed by atoms with Crippen molar-refractivity contribution in [3.05, 3.63) is 29.3 Å². The van der Waals surface area contributed by atoms with Crippen LogP contribution in [0.1, 0.15) is 57.1 Å². The third kappa shape index (κ3) is 4.06. The molecule has 0 saturated heterocycles. The van der Waals surface area contributed by atoms with E-state index in [4.69, 9.17) is 9.47 Å². The minimum Gasteiger partial charge on any atom is -0.491 e. The molecule has 2 fully saturated rings. The van der Waals surface area contributed by atoms with E-state index in [-0.39, 0.29) is 29.9 Å². The lowest BCUT2D eigenvalue weighted by atomic mass is 9.81. The maximum atomic E-state index is 14.2. The van der Waals surface area contributed by atoms with Gasteiger partial charge in [-0.2, -0.15) is 4.39 Å². The average molecular weight is 340 g/mol. The topological polar surface area (TPSA) is 38.7 Å². The highest BCUT2D eigenvalue weighted by atomic mass is 19.2. The lowest BCUT2D eigenvalue weighted by Crippen LogP contribution is -2.26. The zero-order chi connectivity index (χ0) is 17.1. The number of hydrogen-bond donors (Lipinski definition) is 1. The van der Waals surface area contributed by atoms with Gasteiger partial charge in [0.1, 0.15) is 0 Å². The Labute approximate surface area is 142 Å². The molecule has 0 amide bonds. The van der Waals surface area contributed by atoms with Gasteiger partial charge in [-0.05, 0) is 69.4 Å². The standard InChI is InChI=1S/C19H26F2O3/c1-2-23-16-10-9-15(17(20)18(16)21)19(22)13-5-7-14(8-6-13)24-11-12-3-4-12/h9-10,12-14,19,22H,2-8,11H2,1H3. The monoisotopic (exact) mass is 340 g/mol. The van der Waals surface area contributed by atoms with E-state index < -0.39 is 17.7 Å². The van der Waals surface area contributed by atoms with Gasteiger partial charge >= 0.3 is 0 Å². The van der Waals surface area contributed by atoms with Crippen molar-refractivity contribution in [2.75, 3.05) is 13.2 Å². The molecule has 2 aliphatic rings. The highest BCUT2D eigenvalue weighted by Crippen LogP contribution is 2.38. The van der Waals surface area contributed by atoms with E-state index in [1.807, 2.05) is 0 Å². The van der Waals surface area contributed by atoms with Gasteiger partial charge < -0.3 is 14.6 Å². The molecule has 1 atom stereocenters. The number of hydrogen-bond acceptors (Lipinski definition) is 3. The lowest BCUT2D eigenvalue weighted by molar-refractivity contribution is -0.0101. The molecule has 2 aliphatic carbocycles. The van der Waals surface area contributed by atoms with Crippen LogP contribution in [0.3, 0.4) is 0 Å². The van der Waals surface area contributed by atoms with Gasteiger partial charge in [0.15, 0.2) is 11.6 Å². The van der Waals surface area contributed by atoms with Crippen LogP contribution < -0.4 is 4.74 Å². The summed E-state index contributed by atoms with van der Waals surface area (Å²) >= 11 is 0. The molecule has 3 nitrogen and oxygen atoms in total. The molecule has 0 aromatic heterocycles. The fourth-order valence-electron chi connectivity index (χ4n) is 3.42. The molecule has 3 rings (SSSR count). The van der Waals surface area contributed by atoms with E-state index in [2.05, 4.69) is 0 Å². The smallest absolute Gasteiger partial charge is 0.200 e. The number of rotatable bonds is 7. The van der Waals surface area contributed by atoms with Crippen molar-refractivity contribution >= 4 is 0 Å². The fourth-order valence-corrected chi connectivity index (χ4v) is 3.42. The Balaban J connectivity index is 1.58. The number of benzene rings is 1. The summed E-state index contributed by atoms with van der Waals surface area (Å²) in [6.45, 7) is 2.82. The average Bonchev–Trinajstić information content (AvgIpc) is 3.42. The second-order valence-electron chi connectivity index (χ2n) is 6.97. The highest BCUT2D eigenvalue weighted by Gasteiger charge is 2.31. The molecule has 1 aromatic rings. The van der Waals surface area contributed by atoms with Crippen LogP contribution >= 0.6 is 0 Å². The molecule has 1 unspecified atom stereocenters. The number of aliphatic hydroxyl groups is 1. The van der Waals surface area contributed by atoms with E-state index in [9.17, 15) is 13.9 Å². The summed E-state index contributed by atoms with van der Waals surface area (Å²) < 4.78 is 39.2. The Morgan fingerprint density at radius 2 is 1.79 bits per heavy atom. The first-order valence-corrected chi connectivity index (χ1v) is 9.00. The Bertz CT molecular complexity index is 552. The zero-order valence-corrected chi connectivity index (χ0v) is 14.1. The SMILES string of the molecule is CCOc1ccc(C(O)C2CCC(OCC3CC3)CC2)c(F)c1F. The molecule has 1 aromatic carbocycles. The largest absolute Gasteiger partial charge is 0.491 e. The van der Waals surface area contributed by atoms with Gasteiger partial charge in [0.25, 0.3) is 0 Å². The molecule has 2 saturated carbocycles. The summed E-state index contributed by atoms with van der Waals surface area (Å²) in [5.41, 5.74) is 0.0262. The van der Waals surface area contributed by atoms with Gasteiger partial charge in [-0.25, -0.2) is 4.39 Å². The van der Waals surface area contributed by atoms with Crippen LogP contribution in [-0.2, 0) is 4.74 Å². The van der Waals surface area contributed by atoms with Crippen molar-refractivity contribution in [2.24, 2.45) is 11.8 Å². The number of ether oxygens (including phenoxy) is 2. The van der Waals surface area contributed by atoms with Crippen LogP contribution in [0.2, 0.25) is 0 Å². The molecular formula is C19H26F2O3. The number of halogens is 2. The quantitative estimate of drug-likeness (QED) is 0.800. The normalized spacial score (nSPS) is 25.5. The van der Waals surface area contributed by atoms with Crippen molar-refractivity contribution in [3.63, 3.8) is 0 Å². The molecular weight excluding hydrogens is 314 g/mol. The Morgan fingerprint density at radius 1 is 1.08 bits per heavy atom. The lowest BCUT2D eigenvalue weighted by Gasteiger charge is -2.32. The predicted molar refractivity (Wildman–Crippen MR) is 86.9 cm³/mol. The summed E-state index contributed by atoms with van der Waals surface area (Å²) in [5, 5.41) is 10.5. The molecule has 134 valence electrons. The summed E-state index contributed by atoms with van der Waals surface area (Å²) in [5.74, 6) is -1.44. The van der Waals surface area contributed by atoms with E-state index >= 15 is 0 Å². The van der Waals surface area contributed by atoms with Crippen LogP contribution in [0.5, 0.6) is 5.75 Å². The van der Waals surface area contributed by atoms with E-state index in [1.165, 1.54) is 25.0 Å². The summed E-state index contributed by atoms with van der Waals surface area (Å²) in [4.78, 5) is 0. The van der Waals surface area contributed by atoms with Gasteiger partial charge in [0.2, 0.25) is 5.82 Å². The third-order valence-corrected chi connectivity index (χ3v) is 5.13. The molecule has 5 heteroatoms. The van der Waals surface area contributed by atoms with E-state index in [1.54, 1.807) is 6.92 Å². The molecule has 0 spiro atoms. The van der Waals surface area contributed by atoms with Crippen molar-refractivity contribution in [2.45, 2.75) is 57.7 Å². The first-order chi connectivity index (χ1) is 11.6. The predicted octanol–water partition coefficient (Wildman–Crippen LogP) is 4.38. The summed E-state index contributed by atoms with van der Waals surface area (Å²) in [6, 6.07) is 2.83. The molecule has 0 radical (unpaired) electrons. The maximum absolute atomic E-state index is 14.2. The van der Waals surface area contributed by atoms with E-state index in [0.717, 1.165) is 38.2 Å². The van der Waals surface area contributed by atoms with Crippen molar-refractivity contribution < 1.29 is 23.4 Å². The summed E-state index contributed by atoms with van der Waals surface area (Å²) in [6.07, 6.45) is 5.09. The minimum atomic E-state index is -1.02. The van der Waals surface area contributed by atoms with E-state index in [0.29, 0.717) is 0 Å². The van der Waals surface area contributed by atoms with Crippen LogP contribution in [0.15, 0.2) is 12.1 Å².